The van der Waals surface area contributed by atoms with Crippen molar-refractivity contribution in [3.63, 3.8) is 0 Å². The van der Waals surface area contributed by atoms with Crippen LogP contribution in [0.5, 0.6) is 11.5 Å². The molecule has 6 nitrogen and oxygen atoms in total. The van der Waals surface area contributed by atoms with Gasteiger partial charge in [0.2, 0.25) is 0 Å². The highest BCUT2D eigenvalue weighted by Crippen LogP contribution is 2.34. The van der Waals surface area contributed by atoms with E-state index in [1.807, 2.05) is 55.5 Å². The summed E-state index contributed by atoms with van der Waals surface area (Å²) < 4.78 is 29.0. The van der Waals surface area contributed by atoms with Gasteiger partial charge in [0.05, 0.1) is 11.5 Å². The number of nitrogens with one attached hydrogen (secondary N) is 1. The van der Waals surface area contributed by atoms with Gasteiger partial charge in [-0.2, -0.15) is 0 Å². The van der Waals surface area contributed by atoms with E-state index in [1.165, 1.54) is 11.5 Å². The van der Waals surface area contributed by atoms with E-state index < -0.39 is 18.5 Å². The van der Waals surface area contributed by atoms with E-state index in [2.05, 4.69) is 4.37 Å². The molecule has 4 rings (SSSR count). The Morgan fingerprint density at radius 1 is 1.03 bits per heavy atom. The van der Waals surface area contributed by atoms with E-state index >= 15 is 0 Å². The molecule has 35 heavy (non-hydrogen) atoms. The third-order valence-electron chi connectivity index (χ3n) is 5.59. The van der Waals surface area contributed by atoms with Crippen molar-refractivity contribution < 1.29 is 24.1 Å². The van der Waals surface area contributed by atoms with Crippen LogP contribution >= 0.6 is 11.5 Å². The number of hydrogen-bond donors (Lipinski definition) is 3. The molecule has 8 heteroatoms. The van der Waals surface area contributed by atoms with E-state index in [0.29, 0.717) is 17.9 Å². The Hall–Kier alpha value is -3.46. The second-order valence-corrected chi connectivity index (χ2v) is 9.09. The van der Waals surface area contributed by atoms with E-state index in [4.69, 9.17) is 14.6 Å². The fourth-order valence-corrected chi connectivity index (χ4v) is 4.52. The van der Waals surface area contributed by atoms with Crippen molar-refractivity contribution in [2.24, 2.45) is 0 Å². The Labute approximate surface area is 206 Å². The van der Waals surface area contributed by atoms with Crippen LogP contribution in [0.25, 0.3) is 21.6 Å². The summed E-state index contributed by atoms with van der Waals surface area (Å²) in [6.45, 7) is 3.27. The van der Waals surface area contributed by atoms with Crippen LogP contribution in [0.15, 0.2) is 65.5 Å². The summed E-state index contributed by atoms with van der Waals surface area (Å²) in [5, 5.41) is 18.4. The standard InChI is InChI=1S/C27H26FNO5S/c1-16-10-23(34-15-21(31)13-30)27(28)17(2)26(16)20-5-3-4-18(11-20)14-33-22-8-6-19(7-9-22)24-12-25(32)29-35-24/h3-12,21,30-31H,13-15H2,1-2H3,(H,29,32)/t21-/m0/s1. The predicted octanol–water partition coefficient (Wildman–Crippen LogP) is 4.84. The van der Waals surface area contributed by atoms with Gasteiger partial charge in [0.15, 0.2) is 11.6 Å². The molecule has 0 aliphatic heterocycles. The number of rotatable bonds is 9. The van der Waals surface area contributed by atoms with Crippen LogP contribution in [0.2, 0.25) is 0 Å². The molecular weight excluding hydrogens is 469 g/mol. The fourth-order valence-electron chi connectivity index (χ4n) is 3.83. The number of benzene rings is 3. The summed E-state index contributed by atoms with van der Waals surface area (Å²) in [5.41, 5.74) is 4.67. The quantitative estimate of drug-likeness (QED) is 0.309. The highest BCUT2D eigenvalue weighted by molar-refractivity contribution is 7.09. The lowest BCUT2D eigenvalue weighted by Gasteiger charge is -2.17. The highest BCUT2D eigenvalue weighted by atomic mass is 32.1. The molecule has 1 aromatic heterocycles. The minimum absolute atomic E-state index is 0.0473. The Kier molecular flexibility index (Phi) is 7.65. The van der Waals surface area contributed by atoms with Crippen LogP contribution < -0.4 is 15.0 Å². The highest BCUT2D eigenvalue weighted by Gasteiger charge is 2.17. The molecule has 0 aliphatic rings. The number of aliphatic hydroxyl groups excluding tert-OH is 2. The lowest BCUT2D eigenvalue weighted by Crippen LogP contribution is -2.21. The minimum atomic E-state index is -1.07. The van der Waals surface area contributed by atoms with Gasteiger partial charge in [-0.1, -0.05) is 29.7 Å². The number of H-pyrrole nitrogens is 1. The van der Waals surface area contributed by atoms with Gasteiger partial charge in [-0.05, 0) is 83.6 Å². The number of aryl methyl sites for hydroxylation is 1. The third-order valence-corrected chi connectivity index (χ3v) is 6.46. The van der Waals surface area contributed by atoms with Crippen molar-refractivity contribution in [2.75, 3.05) is 13.2 Å². The van der Waals surface area contributed by atoms with Gasteiger partial charge in [-0.25, -0.2) is 4.39 Å². The van der Waals surface area contributed by atoms with Gasteiger partial charge in [0, 0.05) is 6.07 Å². The fraction of sp³-hybridized carbons (Fsp3) is 0.222. The molecule has 4 aromatic rings. The van der Waals surface area contributed by atoms with Gasteiger partial charge in [-0.15, -0.1) is 0 Å². The molecule has 0 spiro atoms. The normalized spacial score (nSPS) is 11.9. The maximum Gasteiger partial charge on any atom is 0.258 e. The lowest BCUT2D eigenvalue weighted by molar-refractivity contribution is 0.0523. The molecule has 0 aliphatic carbocycles. The largest absolute Gasteiger partial charge is 0.489 e. The van der Waals surface area contributed by atoms with E-state index in [1.54, 1.807) is 19.1 Å². The number of aromatic amines is 1. The van der Waals surface area contributed by atoms with Gasteiger partial charge >= 0.3 is 0 Å². The molecule has 0 saturated carbocycles. The first kappa shape index (κ1) is 24.7. The first-order valence-electron chi connectivity index (χ1n) is 11.1. The number of aliphatic hydroxyl groups is 2. The SMILES string of the molecule is Cc1cc(OC[C@@H](O)CO)c(F)c(C)c1-c1cccc(COc2ccc(-c3cc(=O)[nH]s3)cc2)c1. The maximum absolute atomic E-state index is 15.0. The summed E-state index contributed by atoms with van der Waals surface area (Å²) in [5.74, 6) is 0.253. The topological polar surface area (TPSA) is 91.8 Å². The zero-order valence-electron chi connectivity index (χ0n) is 19.4. The van der Waals surface area contributed by atoms with Gasteiger partial charge < -0.3 is 19.7 Å². The Balaban J connectivity index is 1.49. The van der Waals surface area contributed by atoms with E-state index in [-0.39, 0.29) is 17.9 Å². The Morgan fingerprint density at radius 3 is 2.49 bits per heavy atom. The van der Waals surface area contributed by atoms with Gasteiger partial charge in [0.1, 0.15) is 25.1 Å². The molecule has 3 aromatic carbocycles. The van der Waals surface area contributed by atoms with E-state index in [9.17, 15) is 14.3 Å². The summed E-state index contributed by atoms with van der Waals surface area (Å²) in [6, 6.07) is 18.4. The minimum Gasteiger partial charge on any atom is -0.489 e. The van der Waals surface area contributed by atoms with Crippen molar-refractivity contribution in [3.8, 4) is 33.1 Å². The van der Waals surface area contributed by atoms with Gasteiger partial charge in [0.25, 0.3) is 5.56 Å². The van der Waals surface area contributed by atoms with Crippen molar-refractivity contribution in [3.05, 3.63) is 93.5 Å². The van der Waals surface area contributed by atoms with E-state index in [0.717, 1.165) is 32.7 Å². The molecule has 1 heterocycles. The lowest BCUT2D eigenvalue weighted by atomic mass is 9.94. The molecule has 0 amide bonds. The molecular formula is C27H26FNO5S. The summed E-state index contributed by atoms with van der Waals surface area (Å²) in [6.07, 6.45) is -1.07. The third kappa shape index (κ3) is 5.79. The average molecular weight is 496 g/mol. The molecule has 0 bridgehead atoms. The van der Waals surface area contributed by atoms with Crippen LogP contribution in [-0.4, -0.2) is 33.9 Å². The second kappa shape index (κ2) is 10.9. The number of ether oxygens (including phenoxy) is 2. The van der Waals surface area contributed by atoms with Crippen LogP contribution in [0.1, 0.15) is 16.7 Å². The molecule has 0 unspecified atom stereocenters. The number of aromatic nitrogens is 1. The molecule has 182 valence electrons. The molecule has 0 saturated heterocycles. The first-order chi connectivity index (χ1) is 16.9. The zero-order valence-corrected chi connectivity index (χ0v) is 20.2. The molecule has 3 N–H and O–H groups in total. The number of hydrogen-bond acceptors (Lipinski definition) is 6. The molecule has 1 atom stereocenters. The summed E-state index contributed by atoms with van der Waals surface area (Å²) >= 11 is 1.29. The second-order valence-electron chi connectivity index (χ2n) is 8.24. The summed E-state index contributed by atoms with van der Waals surface area (Å²) in [7, 11) is 0. The van der Waals surface area contributed by atoms with Crippen LogP contribution in [0.4, 0.5) is 4.39 Å². The number of halogens is 1. The average Bonchev–Trinajstić information content (AvgIpc) is 3.30. The van der Waals surface area contributed by atoms with Crippen molar-refractivity contribution >= 4 is 11.5 Å². The van der Waals surface area contributed by atoms with Gasteiger partial charge in [-0.3, -0.25) is 9.17 Å². The molecule has 0 radical (unpaired) electrons. The Bertz CT molecular complexity index is 1360. The molecule has 0 fully saturated rings. The van der Waals surface area contributed by atoms with Crippen LogP contribution in [0, 0.1) is 19.7 Å². The van der Waals surface area contributed by atoms with Crippen molar-refractivity contribution in [2.45, 2.75) is 26.6 Å². The van der Waals surface area contributed by atoms with Crippen LogP contribution in [0.3, 0.4) is 0 Å². The first-order valence-corrected chi connectivity index (χ1v) is 11.9. The zero-order chi connectivity index (χ0) is 24.9. The van der Waals surface area contributed by atoms with Crippen molar-refractivity contribution in [1.82, 2.24) is 4.37 Å². The maximum atomic E-state index is 15.0. The van der Waals surface area contributed by atoms with Crippen LogP contribution in [-0.2, 0) is 6.61 Å². The van der Waals surface area contributed by atoms with Crippen molar-refractivity contribution in [1.29, 1.82) is 0 Å². The Morgan fingerprint density at radius 2 is 1.80 bits per heavy atom. The predicted molar refractivity (Wildman–Crippen MR) is 135 cm³/mol. The smallest absolute Gasteiger partial charge is 0.258 e. The monoisotopic (exact) mass is 495 g/mol. The summed E-state index contributed by atoms with van der Waals surface area (Å²) in [4.78, 5) is 12.2.